The average molecular weight is 229 g/mol. The first-order valence-electron chi connectivity index (χ1n) is 6.08. The van der Waals surface area contributed by atoms with Gasteiger partial charge < -0.3 is 10.5 Å². The summed E-state index contributed by atoms with van der Waals surface area (Å²) in [6.45, 7) is 4.12. The Labute approximate surface area is 102 Å². The predicted molar refractivity (Wildman–Crippen MR) is 72.3 cm³/mol. The Kier molecular flexibility index (Phi) is 4.13. The highest BCUT2D eigenvalue weighted by atomic mass is 16.5. The van der Waals surface area contributed by atoms with E-state index in [-0.39, 0.29) is 0 Å². The van der Waals surface area contributed by atoms with Gasteiger partial charge in [-0.3, -0.25) is 0 Å². The van der Waals surface area contributed by atoms with Crippen LogP contribution in [-0.2, 0) is 11.2 Å². The van der Waals surface area contributed by atoms with Crippen molar-refractivity contribution in [2.45, 2.75) is 13.3 Å². The zero-order valence-electron chi connectivity index (χ0n) is 10.3. The molecule has 0 aliphatic heterocycles. The molecule has 0 aliphatic rings. The van der Waals surface area contributed by atoms with Gasteiger partial charge in [-0.25, -0.2) is 0 Å². The van der Waals surface area contributed by atoms with Gasteiger partial charge in [0.15, 0.2) is 0 Å². The maximum atomic E-state index is 5.44. The average Bonchev–Trinajstić information content (AvgIpc) is 2.37. The van der Waals surface area contributed by atoms with Crippen LogP contribution < -0.4 is 5.73 Å². The van der Waals surface area contributed by atoms with Crippen LogP contribution in [0.1, 0.15) is 11.1 Å². The lowest BCUT2D eigenvalue weighted by Crippen LogP contribution is -2.10. The van der Waals surface area contributed by atoms with Crippen LogP contribution in [0.15, 0.2) is 36.4 Å². The van der Waals surface area contributed by atoms with E-state index in [1.54, 1.807) is 0 Å². The molecular weight excluding hydrogens is 210 g/mol. The molecule has 90 valence electrons. The number of rotatable bonds is 5. The van der Waals surface area contributed by atoms with Gasteiger partial charge in [0, 0.05) is 6.54 Å². The molecule has 2 aromatic carbocycles. The van der Waals surface area contributed by atoms with Gasteiger partial charge in [-0.15, -0.1) is 0 Å². The van der Waals surface area contributed by atoms with Crippen LogP contribution in [0.5, 0.6) is 0 Å². The highest BCUT2D eigenvalue weighted by molar-refractivity contribution is 5.88. The van der Waals surface area contributed by atoms with E-state index in [2.05, 4.69) is 43.3 Å². The summed E-state index contributed by atoms with van der Waals surface area (Å²) in [7, 11) is 0. The van der Waals surface area contributed by atoms with Crippen molar-refractivity contribution >= 4 is 10.8 Å². The summed E-state index contributed by atoms with van der Waals surface area (Å²) in [5.41, 5.74) is 8.07. The summed E-state index contributed by atoms with van der Waals surface area (Å²) in [4.78, 5) is 0. The van der Waals surface area contributed by atoms with E-state index in [1.807, 2.05) is 0 Å². The molecule has 0 radical (unpaired) electrons. The normalized spacial score (nSPS) is 10.9. The summed E-state index contributed by atoms with van der Waals surface area (Å²) in [6.07, 6.45) is 0.945. The molecule has 0 spiro atoms. The van der Waals surface area contributed by atoms with Gasteiger partial charge >= 0.3 is 0 Å². The molecule has 17 heavy (non-hydrogen) atoms. The number of benzene rings is 2. The van der Waals surface area contributed by atoms with Crippen molar-refractivity contribution in [3.63, 3.8) is 0 Å². The summed E-state index contributed by atoms with van der Waals surface area (Å²) < 4.78 is 5.44. The lowest BCUT2D eigenvalue weighted by Gasteiger charge is -2.09. The molecule has 0 aliphatic carbocycles. The van der Waals surface area contributed by atoms with Crippen LogP contribution in [0.3, 0.4) is 0 Å². The van der Waals surface area contributed by atoms with Gasteiger partial charge in [0.1, 0.15) is 0 Å². The molecule has 0 atom stereocenters. The SMILES string of the molecule is Cc1ccc(CCOCCN)c2ccccc12. The Balaban J connectivity index is 2.20. The molecule has 0 heterocycles. The fourth-order valence-corrected chi connectivity index (χ4v) is 2.10. The van der Waals surface area contributed by atoms with Gasteiger partial charge in [-0.1, -0.05) is 36.4 Å². The van der Waals surface area contributed by atoms with Crippen molar-refractivity contribution in [3.8, 4) is 0 Å². The zero-order valence-corrected chi connectivity index (χ0v) is 10.3. The quantitative estimate of drug-likeness (QED) is 0.800. The van der Waals surface area contributed by atoms with Gasteiger partial charge in [0.05, 0.1) is 13.2 Å². The monoisotopic (exact) mass is 229 g/mol. The van der Waals surface area contributed by atoms with Crippen LogP contribution in [0, 0.1) is 6.92 Å². The Bertz CT molecular complexity index is 493. The number of ether oxygens (including phenoxy) is 1. The number of aryl methyl sites for hydroxylation is 1. The van der Waals surface area contributed by atoms with Crippen molar-refractivity contribution in [3.05, 3.63) is 47.5 Å². The first kappa shape index (κ1) is 12.1. The number of hydrogen-bond donors (Lipinski definition) is 1. The van der Waals surface area contributed by atoms with E-state index < -0.39 is 0 Å². The van der Waals surface area contributed by atoms with Crippen molar-refractivity contribution in [1.82, 2.24) is 0 Å². The molecule has 0 bridgehead atoms. The van der Waals surface area contributed by atoms with Crippen LogP contribution in [-0.4, -0.2) is 19.8 Å². The fraction of sp³-hybridized carbons (Fsp3) is 0.333. The molecule has 2 rings (SSSR count). The fourth-order valence-electron chi connectivity index (χ4n) is 2.10. The molecule has 0 aromatic heterocycles. The second-order valence-electron chi connectivity index (χ2n) is 4.24. The third kappa shape index (κ3) is 2.84. The Hall–Kier alpha value is -1.38. The van der Waals surface area contributed by atoms with Crippen molar-refractivity contribution in [1.29, 1.82) is 0 Å². The summed E-state index contributed by atoms with van der Waals surface area (Å²) in [5, 5.41) is 2.67. The molecule has 2 heteroatoms. The number of nitrogens with two attached hydrogens (primary N) is 1. The van der Waals surface area contributed by atoms with Gasteiger partial charge in [-0.05, 0) is 35.2 Å². The van der Waals surface area contributed by atoms with Gasteiger partial charge in [0.25, 0.3) is 0 Å². The summed E-state index contributed by atoms with van der Waals surface area (Å²) in [6, 6.07) is 12.9. The standard InChI is InChI=1S/C15H19NO/c1-12-6-7-13(8-10-17-11-9-16)15-5-3-2-4-14(12)15/h2-7H,8-11,16H2,1H3. The maximum absolute atomic E-state index is 5.44. The minimum absolute atomic E-state index is 0.592. The lowest BCUT2D eigenvalue weighted by atomic mass is 9.99. The van der Waals surface area contributed by atoms with Crippen LogP contribution >= 0.6 is 0 Å². The van der Waals surface area contributed by atoms with E-state index in [9.17, 15) is 0 Å². The number of fused-ring (bicyclic) bond motifs is 1. The van der Waals surface area contributed by atoms with Crippen LogP contribution in [0.2, 0.25) is 0 Å². The summed E-state index contributed by atoms with van der Waals surface area (Å²) >= 11 is 0. The van der Waals surface area contributed by atoms with Gasteiger partial charge in [0.2, 0.25) is 0 Å². The van der Waals surface area contributed by atoms with E-state index in [1.165, 1.54) is 21.9 Å². The largest absolute Gasteiger partial charge is 0.380 e. The van der Waals surface area contributed by atoms with Crippen molar-refractivity contribution < 1.29 is 4.74 Å². The highest BCUT2D eigenvalue weighted by Gasteiger charge is 2.02. The first-order chi connectivity index (χ1) is 8.33. The Morgan fingerprint density at radius 3 is 2.53 bits per heavy atom. The Morgan fingerprint density at radius 2 is 1.76 bits per heavy atom. The third-order valence-electron chi connectivity index (χ3n) is 3.01. The molecule has 0 saturated heterocycles. The second-order valence-corrected chi connectivity index (χ2v) is 4.24. The number of hydrogen-bond acceptors (Lipinski definition) is 2. The highest BCUT2D eigenvalue weighted by Crippen LogP contribution is 2.22. The van der Waals surface area contributed by atoms with Crippen molar-refractivity contribution in [2.75, 3.05) is 19.8 Å². The lowest BCUT2D eigenvalue weighted by molar-refractivity contribution is 0.145. The molecule has 0 amide bonds. The minimum atomic E-state index is 0.592. The maximum Gasteiger partial charge on any atom is 0.0588 e. The van der Waals surface area contributed by atoms with Crippen molar-refractivity contribution in [2.24, 2.45) is 5.73 Å². The molecule has 0 unspecified atom stereocenters. The third-order valence-corrected chi connectivity index (χ3v) is 3.01. The molecular formula is C15H19NO. The predicted octanol–water partition coefficient (Wildman–Crippen LogP) is 2.67. The minimum Gasteiger partial charge on any atom is -0.380 e. The van der Waals surface area contributed by atoms with E-state index >= 15 is 0 Å². The molecule has 2 aromatic rings. The smallest absolute Gasteiger partial charge is 0.0588 e. The topological polar surface area (TPSA) is 35.2 Å². The first-order valence-corrected chi connectivity index (χ1v) is 6.08. The van der Waals surface area contributed by atoms with E-state index in [4.69, 9.17) is 10.5 Å². The molecule has 0 saturated carbocycles. The molecule has 2 N–H and O–H groups in total. The summed E-state index contributed by atoms with van der Waals surface area (Å²) in [5.74, 6) is 0. The zero-order chi connectivity index (χ0) is 12.1. The second kappa shape index (κ2) is 5.80. The molecule has 2 nitrogen and oxygen atoms in total. The van der Waals surface area contributed by atoms with Crippen LogP contribution in [0.25, 0.3) is 10.8 Å². The van der Waals surface area contributed by atoms with Crippen LogP contribution in [0.4, 0.5) is 0 Å². The van der Waals surface area contributed by atoms with E-state index in [0.29, 0.717) is 13.2 Å². The van der Waals surface area contributed by atoms with E-state index in [0.717, 1.165) is 13.0 Å². The Morgan fingerprint density at radius 1 is 1.00 bits per heavy atom. The van der Waals surface area contributed by atoms with Gasteiger partial charge in [-0.2, -0.15) is 0 Å². The molecule has 0 fully saturated rings.